The predicted octanol–water partition coefficient (Wildman–Crippen LogP) is 4.58. The van der Waals surface area contributed by atoms with Crippen LogP contribution < -0.4 is 0 Å². The fourth-order valence-corrected chi connectivity index (χ4v) is 2.13. The lowest BCUT2D eigenvalue weighted by atomic mass is 9.92. The third-order valence-electron chi connectivity index (χ3n) is 2.71. The number of allylic oxidation sites excluding steroid dienone is 4. The van der Waals surface area contributed by atoms with Gasteiger partial charge >= 0.3 is 0 Å². The van der Waals surface area contributed by atoms with Gasteiger partial charge in [0, 0.05) is 0 Å². The first-order valence-corrected chi connectivity index (χ1v) is 5.66. The largest absolute Gasteiger partial charge is 0.112 e. The molecule has 0 spiro atoms. The zero-order valence-corrected chi connectivity index (χ0v) is 9.59. The van der Waals surface area contributed by atoms with Crippen molar-refractivity contribution in [3.63, 3.8) is 0 Å². The molecule has 0 nitrogen and oxygen atoms in total. The van der Waals surface area contributed by atoms with E-state index in [0.717, 1.165) is 18.2 Å². The summed E-state index contributed by atoms with van der Waals surface area (Å²) in [4.78, 5) is 0. The number of rotatable bonds is 2. The summed E-state index contributed by atoms with van der Waals surface area (Å²) in [5.41, 5.74) is 3.83. The van der Waals surface area contributed by atoms with Gasteiger partial charge in [0.1, 0.15) is 0 Å². The molecule has 1 aromatic carbocycles. The molecule has 1 aromatic rings. The smallest absolute Gasteiger partial charge is 0.0930 e. The van der Waals surface area contributed by atoms with Crippen molar-refractivity contribution in [2.24, 2.45) is 0 Å². The normalized spacial score (nSPS) is 17.2. The van der Waals surface area contributed by atoms with Crippen molar-refractivity contribution in [3.8, 4) is 0 Å². The Balaban J connectivity index is 2.27. The first-order valence-electron chi connectivity index (χ1n) is 5.28. The molecule has 0 bridgehead atoms. The SMILES string of the molecule is CCC1=CC=C(c2ccccc2)C[C]1Cl. The average Bonchev–Trinajstić information content (AvgIpc) is 2.30. The van der Waals surface area contributed by atoms with Gasteiger partial charge in [0.05, 0.1) is 5.38 Å². The minimum atomic E-state index is 0.866. The van der Waals surface area contributed by atoms with Gasteiger partial charge in [-0.15, -0.1) is 11.6 Å². The van der Waals surface area contributed by atoms with Gasteiger partial charge < -0.3 is 0 Å². The van der Waals surface area contributed by atoms with E-state index in [4.69, 9.17) is 11.6 Å². The van der Waals surface area contributed by atoms with Crippen LogP contribution in [0.5, 0.6) is 0 Å². The first-order chi connectivity index (χ1) is 7.31. The van der Waals surface area contributed by atoms with Gasteiger partial charge in [-0.2, -0.15) is 0 Å². The molecule has 0 heterocycles. The van der Waals surface area contributed by atoms with Crippen LogP contribution >= 0.6 is 11.6 Å². The van der Waals surface area contributed by atoms with Crippen LogP contribution in [0, 0.1) is 5.38 Å². The van der Waals surface area contributed by atoms with Crippen LogP contribution in [0.3, 0.4) is 0 Å². The maximum absolute atomic E-state index is 6.23. The molecule has 1 aliphatic rings. The second-order valence-corrected chi connectivity index (χ2v) is 4.14. The molecule has 0 aliphatic heterocycles. The molecule has 0 atom stereocenters. The van der Waals surface area contributed by atoms with E-state index in [1.807, 2.05) is 6.07 Å². The van der Waals surface area contributed by atoms with E-state index in [1.165, 1.54) is 16.7 Å². The van der Waals surface area contributed by atoms with Crippen LogP contribution in [0.15, 0.2) is 48.1 Å². The summed E-state index contributed by atoms with van der Waals surface area (Å²) in [7, 11) is 0. The zero-order chi connectivity index (χ0) is 10.7. The van der Waals surface area contributed by atoms with Gasteiger partial charge in [-0.25, -0.2) is 0 Å². The Bertz CT molecular complexity index is 387. The van der Waals surface area contributed by atoms with Gasteiger partial charge in [-0.3, -0.25) is 0 Å². The summed E-state index contributed by atoms with van der Waals surface area (Å²) in [6.07, 6.45) is 6.19. The second-order valence-electron chi connectivity index (χ2n) is 3.69. The number of halogens is 1. The van der Waals surface area contributed by atoms with Crippen molar-refractivity contribution >= 4 is 17.2 Å². The van der Waals surface area contributed by atoms with Crippen molar-refractivity contribution in [1.29, 1.82) is 0 Å². The van der Waals surface area contributed by atoms with E-state index in [2.05, 4.69) is 43.3 Å². The molecular formula is C14H14Cl. The summed E-state index contributed by atoms with van der Waals surface area (Å²) in [5, 5.41) is 0.985. The van der Waals surface area contributed by atoms with Crippen molar-refractivity contribution in [3.05, 3.63) is 59.0 Å². The molecule has 0 amide bonds. The number of hydrogen-bond acceptors (Lipinski definition) is 0. The highest BCUT2D eigenvalue weighted by Gasteiger charge is 2.17. The van der Waals surface area contributed by atoms with Gasteiger partial charge in [-0.05, 0) is 29.6 Å². The molecular weight excluding hydrogens is 204 g/mol. The molecule has 1 radical (unpaired) electrons. The van der Waals surface area contributed by atoms with E-state index in [0.29, 0.717) is 0 Å². The van der Waals surface area contributed by atoms with Crippen LogP contribution in [0.4, 0.5) is 0 Å². The molecule has 0 unspecified atom stereocenters. The van der Waals surface area contributed by atoms with Crippen LogP contribution in [0.25, 0.3) is 5.57 Å². The third kappa shape index (κ3) is 2.32. The van der Waals surface area contributed by atoms with E-state index in [1.54, 1.807) is 0 Å². The lowest BCUT2D eigenvalue weighted by Gasteiger charge is -2.18. The molecule has 0 N–H and O–H groups in total. The van der Waals surface area contributed by atoms with Crippen molar-refractivity contribution in [2.45, 2.75) is 19.8 Å². The summed E-state index contributed by atoms with van der Waals surface area (Å²) >= 11 is 6.23. The Kier molecular flexibility index (Phi) is 3.27. The summed E-state index contributed by atoms with van der Waals surface area (Å²) < 4.78 is 0. The highest BCUT2D eigenvalue weighted by molar-refractivity contribution is 6.30. The molecule has 77 valence electrons. The molecule has 0 saturated carbocycles. The van der Waals surface area contributed by atoms with E-state index in [9.17, 15) is 0 Å². The zero-order valence-electron chi connectivity index (χ0n) is 8.83. The van der Waals surface area contributed by atoms with Gasteiger partial charge in [0.15, 0.2) is 0 Å². The quantitative estimate of drug-likeness (QED) is 0.680. The minimum Gasteiger partial charge on any atom is -0.112 e. The second kappa shape index (κ2) is 4.67. The minimum absolute atomic E-state index is 0.866. The summed E-state index contributed by atoms with van der Waals surface area (Å²) in [6.45, 7) is 2.13. The molecule has 1 aliphatic carbocycles. The van der Waals surface area contributed by atoms with Crippen molar-refractivity contribution in [1.82, 2.24) is 0 Å². The highest BCUT2D eigenvalue weighted by atomic mass is 35.5. The maximum Gasteiger partial charge on any atom is 0.0930 e. The topological polar surface area (TPSA) is 0 Å². The van der Waals surface area contributed by atoms with Crippen molar-refractivity contribution < 1.29 is 0 Å². The van der Waals surface area contributed by atoms with Crippen molar-refractivity contribution in [2.75, 3.05) is 0 Å². The standard InChI is InChI=1S/C14H14Cl/c1-2-11-8-9-13(10-14(11)15)12-6-4-3-5-7-12/h3-9H,2,10H2,1H3. The van der Waals surface area contributed by atoms with E-state index < -0.39 is 0 Å². The van der Waals surface area contributed by atoms with Crippen LogP contribution in [0.1, 0.15) is 25.3 Å². The highest BCUT2D eigenvalue weighted by Crippen LogP contribution is 2.36. The number of benzene rings is 1. The van der Waals surface area contributed by atoms with Crippen LogP contribution in [0.2, 0.25) is 0 Å². The Morgan fingerprint density at radius 1 is 1.13 bits per heavy atom. The monoisotopic (exact) mass is 217 g/mol. The molecule has 2 rings (SSSR count). The average molecular weight is 218 g/mol. The molecule has 1 heteroatoms. The Labute approximate surface area is 96.3 Å². The Morgan fingerprint density at radius 3 is 2.47 bits per heavy atom. The predicted molar refractivity (Wildman–Crippen MR) is 66.5 cm³/mol. The third-order valence-corrected chi connectivity index (χ3v) is 3.08. The fourth-order valence-electron chi connectivity index (χ4n) is 1.79. The molecule has 0 fully saturated rings. The maximum atomic E-state index is 6.23. The lowest BCUT2D eigenvalue weighted by Crippen LogP contribution is -2.00. The first kappa shape index (κ1) is 10.5. The van der Waals surface area contributed by atoms with Crippen LogP contribution in [-0.2, 0) is 0 Å². The van der Waals surface area contributed by atoms with E-state index >= 15 is 0 Å². The lowest BCUT2D eigenvalue weighted by molar-refractivity contribution is 1.03. The number of hydrogen-bond donors (Lipinski definition) is 0. The van der Waals surface area contributed by atoms with Crippen LogP contribution in [-0.4, -0.2) is 0 Å². The Morgan fingerprint density at radius 2 is 1.87 bits per heavy atom. The fraction of sp³-hybridized carbons (Fsp3) is 0.214. The van der Waals surface area contributed by atoms with Gasteiger partial charge in [0.2, 0.25) is 0 Å². The molecule has 0 saturated heterocycles. The van der Waals surface area contributed by atoms with Gasteiger partial charge in [0.25, 0.3) is 0 Å². The van der Waals surface area contributed by atoms with Gasteiger partial charge in [-0.1, -0.05) is 49.4 Å². The van der Waals surface area contributed by atoms with E-state index in [-0.39, 0.29) is 0 Å². The summed E-state index contributed by atoms with van der Waals surface area (Å²) in [5.74, 6) is 0. The Hall–Kier alpha value is -1.01. The molecule has 15 heavy (non-hydrogen) atoms. The summed E-state index contributed by atoms with van der Waals surface area (Å²) in [6, 6.07) is 10.4. The molecule has 0 aromatic heterocycles.